The van der Waals surface area contributed by atoms with Crippen molar-refractivity contribution in [2.24, 2.45) is 5.41 Å². The van der Waals surface area contributed by atoms with Gasteiger partial charge in [-0.25, -0.2) is 4.39 Å². The Labute approximate surface area is 104 Å². The molecule has 0 saturated heterocycles. The molecule has 0 atom stereocenters. The molecule has 0 saturated carbocycles. The first-order valence-corrected chi connectivity index (χ1v) is 6.00. The largest absolute Gasteiger partial charge is 0.396 e. The topological polar surface area (TPSA) is 32.3 Å². The minimum Gasteiger partial charge on any atom is -0.396 e. The Kier molecular flexibility index (Phi) is 4.89. The van der Waals surface area contributed by atoms with E-state index in [-0.39, 0.29) is 17.8 Å². The summed E-state index contributed by atoms with van der Waals surface area (Å²) < 4.78 is 13.7. The fraction of sp³-hybridized carbons (Fsp3) is 0.500. The van der Waals surface area contributed by atoms with Crippen molar-refractivity contribution in [1.29, 1.82) is 0 Å². The third kappa shape index (κ3) is 3.85. The van der Waals surface area contributed by atoms with Crippen molar-refractivity contribution in [2.45, 2.75) is 20.4 Å². The van der Waals surface area contributed by atoms with Crippen LogP contribution in [0.4, 0.5) is 4.39 Å². The summed E-state index contributed by atoms with van der Waals surface area (Å²) in [4.78, 5) is 0. The maximum atomic E-state index is 13.2. The molecule has 0 aliphatic rings. The van der Waals surface area contributed by atoms with Gasteiger partial charge in [-0.15, -0.1) is 0 Å². The molecular weight excluding hydrogens is 273 g/mol. The molecule has 1 aromatic rings. The molecule has 0 fully saturated rings. The van der Waals surface area contributed by atoms with Gasteiger partial charge in [-0.2, -0.15) is 0 Å². The quantitative estimate of drug-likeness (QED) is 0.874. The molecule has 0 aromatic heterocycles. The summed E-state index contributed by atoms with van der Waals surface area (Å²) in [6.45, 7) is 5.35. The average molecular weight is 290 g/mol. The molecule has 0 unspecified atom stereocenters. The van der Waals surface area contributed by atoms with E-state index < -0.39 is 0 Å². The number of benzene rings is 1. The lowest BCUT2D eigenvalue weighted by Crippen LogP contribution is -2.31. The van der Waals surface area contributed by atoms with Gasteiger partial charge in [0, 0.05) is 25.1 Å². The van der Waals surface area contributed by atoms with Gasteiger partial charge in [0.15, 0.2) is 0 Å². The zero-order valence-corrected chi connectivity index (χ0v) is 11.1. The SMILES string of the molecule is CC(C)(CO)CNCc1cccc(F)c1Br. The summed E-state index contributed by atoms with van der Waals surface area (Å²) in [6, 6.07) is 4.98. The van der Waals surface area contributed by atoms with Crippen LogP contribution in [0.15, 0.2) is 22.7 Å². The lowest BCUT2D eigenvalue weighted by Gasteiger charge is -2.22. The Morgan fingerprint density at radius 1 is 1.44 bits per heavy atom. The number of aliphatic hydroxyl groups is 1. The number of aliphatic hydroxyl groups excluding tert-OH is 1. The second-order valence-corrected chi connectivity index (χ2v) is 5.43. The third-order valence-electron chi connectivity index (χ3n) is 2.38. The van der Waals surface area contributed by atoms with Gasteiger partial charge in [-0.05, 0) is 27.6 Å². The highest BCUT2D eigenvalue weighted by Gasteiger charge is 2.15. The minimum absolute atomic E-state index is 0.129. The van der Waals surface area contributed by atoms with Crippen LogP contribution in [0.2, 0.25) is 0 Å². The first kappa shape index (κ1) is 13.6. The normalized spacial score (nSPS) is 11.8. The van der Waals surface area contributed by atoms with Crippen LogP contribution >= 0.6 is 15.9 Å². The number of rotatable bonds is 5. The molecule has 0 aliphatic carbocycles. The average Bonchev–Trinajstić information content (AvgIpc) is 2.24. The highest BCUT2D eigenvalue weighted by molar-refractivity contribution is 9.10. The minimum atomic E-state index is -0.249. The van der Waals surface area contributed by atoms with E-state index in [2.05, 4.69) is 21.2 Å². The van der Waals surface area contributed by atoms with Crippen LogP contribution in [-0.2, 0) is 6.54 Å². The molecule has 0 bridgehead atoms. The zero-order valence-electron chi connectivity index (χ0n) is 9.56. The van der Waals surface area contributed by atoms with E-state index in [1.54, 1.807) is 6.07 Å². The van der Waals surface area contributed by atoms with Gasteiger partial charge >= 0.3 is 0 Å². The first-order valence-electron chi connectivity index (χ1n) is 5.21. The molecule has 1 rings (SSSR count). The lowest BCUT2D eigenvalue weighted by molar-refractivity contribution is 0.156. The molecule has 90 valence electrons. The standard InChI is InChI=1S/C12H17BrFNO/c1-12(2,8-16)7-15-6-9-4-3-5-10(14)11(9)13/h3-5,15-16H,6-8H2,1-2H3. The van der Waals surface area contributed by atoms with E-state index in [9.17, 15) is 4.39 Å². The van der Waals surface area contributed by atoms with Crippen LogP contribution in [0.25, 0.3) is 0 Å². The maximum Gasteiger partial charge on any atom is 0.137 e. The van der Waals surface area contributed by atoms with Gasteiger partial charge in [0.25, 0.3) is 0 Å². The summed E-state index contributed by atoms with van der Waals surface area (Å²) in [5.74, 6) is -0.249. The number of nitrogens with one attached hydrogen (secondary N) is 1. The van der Waals surface area contributed by atoms with Crippen LogP contribution < -0.4 is 5.32 Å². The predicted octanol–water partition coefficient (Wildman–Crippen LogP) is 2.70. The molecule has 0 heterocycles. The Hall–Kier alpha value is -0.450. The summed E-state index contributed by atoms with van der Waals surface area (Å²) in [6.07, 6.45) is 0. The molecule has 0 radical (unpaired) electrons. The van der Waals surface area contributed by atoms with Crippen molar-refractivity contribution < 1.29 is 9.50 Å². The Bertz CT molecular complexity index is 355. The Morgan fingerprint density at radius 3 is 2.75 bits per heavy atom. The second-order valence-electron chi connectivity index (χ2n) is 4.64. The van der Waals surface area contributed by atoms with Gasteiger partial charge in [-0.1, -0.05) is 26.0 Å². The summed E-state index contributed by atoms with van der Waals surface area (Å²) in [5, 5.41) is 12.3. The van der Waals surface area contributed by atoms with Gasteiger partial charge in [0.1, 0.15) is 5.82 Å². The highest BCUT2D eigenvalue weighted by atomic mass is 79.9. The van der Waals surface area contributed by atoms with Gasteiger partial charge in [0.2, 0.25) is 0 Å². The van der Waals surface area contributed by atoms with Crippen molar-refractivity contribution >= 4 is 15.9 Å². The molecule has 2 nitrogen and oxygen atoms in total. The number of hydrogen-bond donors (Lipinski definition) is 2. The van der Waals surface area contributed by atoms with E-state index in [1.807, 2.05) is 19.9 Å². The van der Waals surface area contributed by atoms with Crippen molar-refractivity contribution in [3.05, 3.63) is 34.1 Å². The van der Waals surface area contributed by atoms with E-state index in [1.165, 1.54) is 6.07 Å². The first-order chi connectivity index (χ1) is 7.46. The van der Waals surface area contributed by atoms with E-state index in [4.69, 9.17) is 5.11 Å². The molecule has 0 amide bonds. The fourth-order valence-electron chi connectivity index (χ4n) is 1.28. The van der Waals surface area contributed by atoms with Crippen molar-refractivity contribution in [2.75, 3.05) is 13.2 Å². The van der Waals surface area contributed by atoms with Crippen LogP contribution in [0.5, 0.6) is 0 Å². The number of halogens is 2. The monoisotopic (exact) mass is 289 g/mol. The van der Waals surface area contributed by atoms with Crippen molar-refractivity contribution in [3.8, 4) is 0 Å². The third-order valence-corrected chi connectivity index (χ3v) is 3.27. The zero-order chi connectivity index (χ0) is 12.2. The summed E-state index contributed by atoms with van der Waals surface area (Å²) >= 11 is 3.21. The highest BCUT2D eigenvalue weighted by Crippen LogP contribution is 2.20. The molecular formula is C12H17BrFNO. The molecule has 2 N–H and O–H groups in total. The number of hydrogen-bond acceptors (Lipinski definition) is 2. The van der Waals surface area contributed by atoms with Gasteiger partial charge in [0.05, 0.1) is 4.47 Å². The Balaban J connectivity index is 2.53. The predicted molar refractivity (Wildman–Crippen MR) is 66.7 cm³/mol. The molecule has 0 spiro atoms. The lowest BCUT2D eigenvalue weighted by atomic mass is 9.95. The van der Waals surface area contributed by atoms with Crippen LogP contribution in [0.1, 0.15) is 19.4 Å². The van der Waals surface area contributed by atoms with Crippen molar-refractivity contribution in [3.63, 3.8) is 0 Å². The van der Waals surface area contributed by atoms with E-state index in [0.717, 1.165) is 5.56 Å². The van der Waals surface area contributed by atoms with E-state index in [0.29, 0.717) is 17.6 Å². The summed E-state index contributed by atoms with van der Waals surface area (Å²) in [5.41, 5.74) is 0.730. The fourth-order valence-corrected chi connectivity index (χ4v) is 1.68. The second kappa shape index (κ2) is 5.75. The van der Waals surface area contributed by atoms with Crippen LogP contribution in [0, 0.1) is 11.2 Å². The smallest absolute Gasteiger partial charge is 0.137 e. The van der Waals surface area contributed by atoms with Crippen LogP contribution in [0.3, 0.4) is 0 Å². The molecule has 0 aliphatic heterocycles. The van der Waals surface area contributed by atoms with Crippen LogP contribution in [-0.4, -0.2) is 18.3 Å². The van der Waals surface area contributed by atoms with E-state index >= 15 is 0 Å². The molecule has 4 heteroatoms. The van der Waals surface area contributed by atoms with Crippen molar-refractivity contribution in [1.82, 2.24) is 5.32 Å². The maximum absolute atomic E-state index is 13.2. The molecule has 1 aromatic carbocycles. The summed E-state index contributed by atoms with van der Waals surface area (Å²) in [7, 11) is 0. The Morgan fingerprint density at radius 2 is 2.12 bits per heavy atom. The van der Waals surface area contributed by atoms with Gasteiger partial charge < -0.3 is 10.4 Å². The van der Waals surface area contributed by atoms with Gasteiger partial charge in [-0.3, -0.25) is 0 Å². The molecule has 16 heavy (non-hydrogen) atoms.